The number of rotatable bonds is 5. The van der Waals surface area contributed by atoms with E-state index >= 15 is 0 Å². The molecule has 1 amide bonds. The van der Waals surface area contributed by atoms with Crippen molar-refractivity contribution in [3.05, 3.63) is 45.9 Å². The standard InChI is InChI=1S/C14H17N3OS/c1-10-9-11(15-2)3-4-12(10)14(18)17-6-5-13-16-7-8-19-13/h3-4,7-9,15H,5-6H2,1-2H3,(H,17,18). The lowest BCUT2D eigenvalue weighted by Crippen LogP contribution is -2.26. The highest BCUT2D eigenvalue weighted by atomic mass is 32.1. The normalized spacial score (nSPS) is 10.2. The van der Waals surface area contributed by atoms with Crippen LogP contribution >= 0.6 is 11.3 Å². The number of benzene rings is 1. The summed E-state index contributed by atoms with van der Waals surface area (Å²) in [6, 6.07) is 5.72. The van der Waals surface area contributed by atoms with E-state index in [9.17, 15) is 4.79 Å². The van der Waals surface area contributed by atoms with Crippen LogP contribution in [0.25, 0.3) is 0 Å². The van der Waals surface area contributed by atoms with Gasteiger partial charge in [-0.3, -0.25) is 4.79 Å². The predicted octanol–water partition coefficient (Wildman–Crippen LogP) is 2.47. The maximum Gasteiger partial charge on any atom is 0.251 e. The largest absolute Gasteiger partial charge is 0.388 e. The zero-order valence-electron chi connectivity index (χ0n) is 11.1. The number of thiazole rings is 1. The van der Waals surface area contributed by atoms with Crippen LogP contribution in [0.1, 0.15) is 20.9 Å². The molecule has 0 saturated carbocycles. The molecule has 0 atom stereocenters. The van der Waals surface area contributed by atoms with Gasteiger partial charge in [-0.2, -0.15) is 0 Å². The summed E-state index contributed by atoms with van der Waals surface area (Å²) in [7, 11) is 1.86. The average Bonchev–Trinajstić information content (AvgIpc) is 2.91. The molecule has 5 heteroatoms. The molecule has 2 rings (SSSR count). The second-order valence-electron chi connectivity index (χ2n) is 4.21. The van der Waals surface area contributed by atoms with E-state index in [2.05, 4.69) is 15.6 Å². The number of nitrogens with zero attached hydrogens (tertiary/aromatic N) is 1. The Kier molecular flexibility index (Phi) is 4.52. The van der Waals surface area contributed by atoms with Gasteiger partial charge in [-0.05, 0) is 30.7 Å². The van der Waals surface area contributed by atoms with E-state index in [4.69, 9.17) is 0 Å². The van der Waals surface area contributed by atoms with Crippen LogP contribution in [0.2, 0.25) is 0 Å². The van der Waals surface area contributed by atoms with Crippen molar-refractivity contribution in [2.75, 3.05) is 18.9 Å². The lowest BCUT2D eigenvalue weighted by molar-refractivity contribution is 0.0953. The molecule has 0 bridgehead atoms. The highest BCUT2D eigenvalue weighted by Crippen LogP contribution is 2.14. The van der Waals surface area contributed by atoms with E-state index < -0.39 is 0 Å². The molecule has 0 radical (unpaired) electrons. The molecule has 1 heterocycles. The summed E-state index contributed by atoms with van der Waals surface area (Å²) in [5, 5.41) is 8.97. The molecule has 100 valence electrons. The zero-order chi connectivity index (χ0) is 13.7. The summed E-state index contributed by atoms with van der Waals surface area (Å²) in [6.45, 7) is 2.55. The van der Waals surface area contributed by atoms with Crippen molar-refractivity contribution in [3.63, 3.8) is 0 Å². The van der Waals surface area contributed by atoms with Gasteiger partial charge in [0.2, 0.25) is 0 Å². The molecule has 0 spiro atoms. The molecular formula is C14H17N3OS. The first-order chi connectivity index (χ1) is 9.20. The molecule has 0 aliphatic rings. The van der Waals surface area contributed by atoms with Crippen molar-refractivity contribution in [1.82, 2.24) is 10.3 Å². The van der Waals surface area contributed by atoms with Crippen LogP contribution in [0, 0.1) is 6.92 Å². The molecule has 0 unspecified atom stereocenters. The summed E-state index contributed by atoms with van der Waals surface area (Å²) < 4.78 is 0. The Morgan fingerprint density at radius 1 is 1.42 bits per heavy atom. The third-order valence-corrected chi connectivity index (χ3v) is 3.71. The Labute approximate surface area is 116 Å². The van der Waals surface area contributed by atoms with Gasteiger partial charge in [0.25, 0.3) is 5.91 Å². The number of hydrogen-bond donors (Lipinski definition) is 2. The lowest BCUT2D eigenvalue weighted by Gasteiger charge is -2.09. The molecular weight excluding hydrogens is 258 g/mol. The van der Waals surface area contributed by atoms with Crippen LogP contribution in [0.4, 0.5) is 5.69 Å². The highest BCUT2D eigenvalue weighted by molar-refractivity contribution is 7.09. The predicted molar refractivity (Wildman–Crippen MR) is 78.9 cm³/mol. The molecule has 0 saturated heterocycles. The Morgan fingerprint density at radius 3 is 2.89 bits per heavy atom. The van der Waals surface area contributed by atoms with E-state index in [1.54, 1.807) is 17.5 Å². The highest BCUT2D eigenvalue weighted by Gasteiger charge is 2.08. The van der Waals surface area contributed by atoms with E-state index in [0.29, 0.717) is 6.54 Å². The third kappa shape index (κ3) is 3.54. The van der Waals surface area contributed by atoms with E-state index in [1.165, 1.54) is 0 Å². The number of anilines is 1. The smallest absolute Gasteiger partial charge is 0.251 e. The Balaban J connectivity index is 1.92. The first kappa shape index (κ1) is 13.5. The minimum absolute atomic E-state index is 0.0308. The van der Waals surface area contributed by atoms with Crippen LogP contribution in [-0.4, -0.2) is 24.5 Å². The lowest BCUT2D eigenvalue weighted by atomic mass is 10.1. The summed E-state index contributed by atoms with van der Waals surface area (Å²) in [4.78, 5) is 16.2. The molecule has 1 aromatic carbocycles. The first-order valence-electron chi connectivity index (χ1n) is 6.15. The van der Waals surface area contributed by atoms with Gasteiger partial charge in [0.1, 0.15) is 0 Å². The van der Waals surface area contributed by atoms with Gasteiger partial charge in [-0.1, -0.05) is 0 Å². The summed E-state index contributed by atoms with van der Waals surface area (Å²) in [5.41, 5.74) is 2.70. The number of hydrogen-bond acceptors (Lipinski definition) is 4. The number of carbonyl (C=O) groups excluding carboxylic acids is 1. The van der Waals surface area contributed by atoms with Gasteiger partial charge in [0, 0.05) is 42.8 Å². The van der Waals surface area contributed by atoms with Crippen molar-refractivity contribution >= 4 is 22.9 Å². The van der Waals surface area contributed by atoms with E-state index in [0.717, 1.165) is 28.2 Å². The zero-order valence-corrected chi connectivity index (χ0v) is 11.9. The fourth-order valence-corrected chi connectivity index (χ4v) is 2.45. The van der Waals surface area contributed by atoms with Gasteiger partial charge in [0.05, 0.1) is 5.01 Å². The number of aromatic nitrogens is 1. The van der Waals surface area contributed by atoms with Crippen molar-refractivity contribution in [2.45, 2.75) is 13.3 Å². The van der Waals surface area contributed by atoms with Crippen molar-refractivity contribution < 1.29 is 4.79 Å². The second kappa shape index (κ2) is 6.33. The maximum absolute atomic E-state index is 12.0. The summed E-state index contributed by atoms with van der Waals surface area (Å²) >= 11 is 1.61. The third-order valence-electron chi connectivity index (χ3n) is 2.87. The van der Waals surface area contributed by atoms with Crippen molar-refractivity contribution in [2.24, 2.45) is 0 Å². The van der Waals surface area contributed by atoms with E-state index in [-0.39, 0.29) is 5.91 Å². The van der Waals surface area contributed by atoms with Crippen LogP contribution in [0.5, 0.6) is 0 Å². The van der Waals surface area contributed by atoms with Crippen LogP contribution in [-0.2, 0) is 6.42 Å². The number of aryl methyl sites for hydroxylation is 1. The van der Waals surface area contributed by atoms with Crippen molar-refractivity contribution in [1.29, 1.82) is 0 Å². The Hall–Kier alpha value is -1.88. The SMILES string of the molecule is CNc1ccc(C(=O)NCCc2nccs2)c(C)c1. The molecule has 1 aromatic heterocycles. The monoisotopic (exact) mass is 275 g/mol. The van der Waals surface area contributed by atoms with Gasteiger partial charge in [0.15, 0.2) is 0 Å². The van der Waals surface area contributed by atoms with Gasteiger partial charge < -0.3 is 10.6 Å². The second-order valence-corrected chi connectivity index (χ2v) is 5.19. The average molecular weight is 275 g/mol. The number of nitrogens with one attached hydrogen (secondary N) is 2. The van der Waals surface area contributed by atoms with Gasteiger partial charge in [-0.15, -0.1) is 11.3 Å². The minimum Gasteiger partial charge on any atom is -0.388 e. The molecule has 19 heavy (non-hydrogen) atoms. The molecule has 0 aliphatic carbocycles. The maximum atomic E-state index is 12.0. The first-order valence-corrected chi connectivity index (χ1v) is 7.03. The van der Waals surface area contributed by atoms with E-state index in [1.807, 2.05) is 37.6 Å². The topological polar surface area (TPSA) is 54.0 Å². The van der Waals surface area contributed by atoms with Crippen LogP contribution in [0.3, 0.4) is 0 Å². The molecule has 2 aromatic rings. The summed E-state index contributed by atoms with van der Waals surface area (Å²) in [6.07, 6.45) is 2.56. The molecule has 0 aliphatic heterocycles. The summed E-state index contributed by atoms with van der Waals surface area (Å²) in [5.74, 6) is -0.0308. The molecule has 0 fully saturated rings. The molecule has 4 nitrogen and oxygen atoms in total. The van der Waals surface area contributed by atoms with Crippen LogP contribution in [0.15, 0.2) is 29.8 Å². The molecule has 2 N–H and O–H groups in total. The quantitative estimate of drug-likeness (QED) is 0.881. The van der Waals surface area contributed by atoms with Crippen LogP contribution < -0.4 is 10.6 Å². The van der Waals surface area contributed by atoms with Crippen molar-refractivity contribution in [3.8, 4) is 0 Å². The Morgan fingerprint density at radius 2 is 2.26 bits per heavy atom. The fourth-order valence-electron chi connectivity index (χ4n) is 1.83. The Bertz CT molecular complexity index is 552. The number of amides is 1. The fraction of sp³-hybridized carbons (Fsp3) is 0.286. The van der Waals surface area contributed by atoms with Gasteiger partial charge >= 0.3 is 0 Å². The minimum atomic E-state index is -0.0308. The number of carbonyl (C=O) groups is 1. The van der Waals surface area contributed by atoms with Gasteiger partial charge in [-0.25, -0.2) is 4.98 Å².